The van der Waals surface area contributed by atoms with Crippen LogP contribution in [0.5, 0.6) is 0 Å². The van der Waals surface area contributed by atoms with Crippen LogP contribution in [0.25, 0.3) is 0 Å². The van der Waals surface area contributed by atoms with E-state index in [0.717, 1.165) is 12.8 Å². The summed E-state index contributed by atoms with van der Waals surface area (Å²) in [5, 5.41) is 3.43. The van der Waals surface area contributed by atoms with Crippen molar-refractivity contribution < 1.29 is 4.79 Å². The molecule has 13 heavy (non-hydrogen) atoms. The molecule has 1 aliphatic heterocycles. The maximum absolute atomic E-state index is 11.2. The number of primary amides is 1. The van der Waals surface area contributed by atoms with Gasteiger partial charge in [0.2, 0.25) is 5.91 Å². The van der Waals surface area contributed by atoms with Gasteiger partial charge in [0.15, 0.2) is 0 Å². The summed E-state index contributed by atoms with van der Waals surface area (Å²) < 4.78 is 0. The summed E-state index contributed by atoms with van der Waals surface area (Å²) in [5.74, 6) is 0.277. The molecule has 4 atom stereocenters. The second-order valence-corrected chi connectivity index (χ2v) is 4.22. The third-order valence-electron chi connectivity index (χ3n) is 3.04. The molecule has 3 nitrogen and oxygen atoms in total. The van der Waals surface area contributed by atoms with E-state index in [0.29, 0.717) is 12.0 Å². The molecule has 0 radical (unpaired) electrons. The van der Waals surface area contributed by atoms with Crippen LogP contribution < -0.4 is 11.1 Å². The van der Waals surface area contributed by atoms with Crippen LogP contribution in [0.1, 0.15) is 33.6 Å². The molecule has 0 aromatic carbocycles. The van der Waals surface area contributed by atoms with Crippen LogP contribution in [0.15, 0.2) is 0 Å². The first-order valence-electron chi connectivity index (χ1n) is 5.11. The number of hydrogen-bond donors (Lipinski definition) is 2. The molecule has 76 valence electrons. The zero-order chi connectivity index (χ0) is 10.0. The first-order valence-corrected chi connectivity index (χ1v) is 5.11. The molecule has 1 aliphatic rings. The third kappa shape index (κ3) is 2.21. The lowest BCUT2D eigenvalue weighted by molar-refractivity contribution is -0.125. The highest BCUT2D eigenvalue weighted by molar-refractivity contribution is 5.77. The maximum Gasteiger partial charge on any atom is 0.222 e. The number of nitrogens with two attached hydrogens (primary N) is 1. The van der Waals surface area contributed by atoms with Gasteiger partial charge in [-0.05, 0) is 25.7 Å². The average molecular weight is 184 g/mol. The molecule has 1 amide bonds. The minimum atomic E-state index is -0.154. The highest BCUT2D eigenvalue weighted by Crippen LogP contribution is 2.27. The number of amides is 1. The molecule has 3 heteroatoms. The molecule has 1 rings (SSSR count). The smallest absolute Gasteiger partial charge is 0.222 e. The van der Waals surface area contributed by atoms with Crippen molar-refractivity contribution in [2.24, 2.45) is 17.6 Å². The summed E-state index contributed by atoms with van der Waals surface area (Å²) in [6, 6.07) is 0.784. The van der Waals surface area contributed by atoms with Gasteiger partial charge in [0, 0.05) is 12.1 Å². The van der Waals surface area contributed by atoms with Crippen molar-refractivity contribution in [2.45, 2.75) is 45.7 Å². The monoisotopic (exact) mass is 184 g/mol. The van der Waals surface area contributed by atoms with E-state index < -0.39 is 0 Å². The Kier molecular flexibility index (Phi) is 3.31. The van der Waals surface area contributed by atoms with Gasteiger partial charge in [-0.1, -0.05) is 13.8 Å². The molecule has 1 saturated heterocycles. The van der Waals surface area contributed by atoms with Crippen LogP contribution in [0.4, 0.5) is 0 Å². The second-order valence-electron chi connectivity index (χ2n) is 4.22. The number of carbonyl (C=O) groups is 1. The van der Waals surface area contributed by atoms with E-state index in [4.69, 9.17) is 5.73 Å². The summed E-state index contributed by atoms with van der Waals surface area (Å²) in [6.07, 6.45) is 2.02. The molecule has 1 heterocycles. The van der Waals surface area contributed by atoms with E-state index in [1.807, 2.05) is 0 Å². The highest BCUT2D eigenvalue weighted by atomic mass is 16.1. The van der Waals surface area contributed by atoms with Crippen molar-refractivity contribution in [1.29, 1.82) is 0 Å². The minimum absolute atomic E-state index is 0.0150. The van der Waals surface area contributed by atoms with Gasteiger partial charge in [-0.25, -0.2) is 0 Å². The fraction of sp³-hybridized carbons (Fsp3) is 0.900. The number of carbonyl (C=O) groups excluding carboxylic acids is 1. The molecule has 3 N–H and O–H groups in total. The van der Waals surface area contributed by atoms with Crippen molar-refractivity contribution in [3.05, 3.63) is 0 Å². The van der Waals surface area contributed by atoms with Gasteiger partial charge in [-0.15, -0.1) is 0 Å². The van der Waals surface area contributed by atoms with Crippen molar-refractivity contribution in [3.8, 4) is 0 Å². The van der Waals surface area contributed by atoms with Gasteiger partial charge < -0.3 is 11.1 Å². The lowest BCUT2D eigenvalue weighted by Crippen LogP contribution is -2.53. The Bertz CT molecular complexity index is 193. The van der Waals surface area contributed by atoms with Crippen molar-refractivity contribution in [2.75, 3.05) is 0 Å². The van der Waals surface area contributed by atoms with Gasteiger partial charge in [0.05, 0.1) is 5.92 Å². The first kappa shape index (κ1) is 10.5. The van der Waals surface area contributed by atoms with E-state index >= 15 is 0 Å². The summed E-state index contributed by atoms with van der Waals surface area (Å²) >= 11 is 0. The maximum atomic E-state index is 11.2. The Morgan fingerprint density at radius 1 is 1.54 bits per heavy atom. The summed E-state index contributed by atoms with van der Waals surface area (Å²) in [6.45, 7) is 6.38. The van der Waals surface area contributed by atoms with Gasteiger partial charge in [-0.3, -0.25) is 4.79 Å². The van der Waals surface area contributed by atoms with E-state index in [9.17, 15) is 4.79 Å². The molecular formula is C10H20N2O. The molecule has 4 unspecified atom stereocenters. The molecule has 1 fully saturated rings. The second kappa shape index (κ2) is 4.09. The predicted octanol–water partition coefficient (Wildman–Crippen LogP) is 0.884. The van der Waals surface area contributed by atoms with Crippen LogP contribution >= 0.6 is 0 Å². The van der Waals surface area contributed by atoms with Crippen molar-refractivity contribution >= 4 is 5.91 Å². The molecule has 0 aliphatic carbocycles. The third-order valence-corrected chi connectivity index (χ3v) is 3.04. The first-order chi connectivity index (χ1) is 6.06. The van der Waals surface area contributed by atoms with Crippen molar-refractivity contribution in [1.82, 2.24) is 5.32 Å². The van der Waals surface area contributed by atoms with Gasteiger partial charge in [-0.2, -0.15) is 0 Å². The summed E-state index contributed by atoms with van der Waals surface area (Å²) in [7, 11) is 0. The summed E-state index contributed by atoms with van der Waals surface area (Å²) in [5.41, 5.74) is 5.39. The van der Waals surface area contributed by atoms with E-state index in [1.165, 1.54) is 0 Å². The quantitative estimate of drug-likeness (QED) is 0.669. The van der Waals surface area contributed by atoms with Gasteiger partial charge in [0.1, 0.15) is 0 Å². The Balaban J connectivity index is 2.71. The molecular weight excluding hydrogens is 164 g/mol. The fourth-order valence-corrected chi connectivity index (χ4v) is 2.49. The molecule has 0 spiro atoms. The number of rotatable bonds is 2. The normalized spacial score (nSPS) is 40.2. The lowest BCUT2D eigenvalue weighted by atomic mass is 9.78. The SMILES string of the molecule is CCC1NC(C)CC(C)C1C(N)=O. The minimum Gasteiger partial charge on any atom is -0.369 e. The van der Waals surface area contributed by atoms with Crippen LogP contribution in [-0.2, 0) is 4.79 Å². The Morgan fingerprint density at radius 2 is 2.15 bits per heavy atom. The van der Waals surface area contributed by atoms with Crippen LogP contribution in [0, 0.1) is 11.8 Å². The Morgan fingerprint density at radius 3 is 2.62 bits per heavy atom. The highest BCUT2D eigenvalue weighted by Gasteiger charge is 2.35. The van der Waals surface area contributed by atoms with Gasteiger partial charge in [0.25, 0.3) is 0 Å². The molecule has 0 saturated carbocycles. The predicted molar refractivity (Wildman–Crippen MR) is 53.1 cm³/mol. The fourth-order valence-electron chi connectivity index (χ4n) is 2.49. The van der Waals surface area contributed by atoms with Gasteiger partial charge >= 0.3 is 0 Å². The Hall–Kier alpha value is -0.570. The molecule has 0 bridgehead atoms. The largest absolute Gasteiger partial charge is 0.369 e. The summed E-state index contributed by atoms with van der Waals surface area (Å²) in [4.78, 5) is 11.2. The van der Waals surface area contributed by atoms with E-state index in [1.54, 1.807) is 0 Å². The van der Waals surface area contributed by atoms with Crippen LogP contribution in [-0.4, -0.2) is 18.0 Å². The lowest BCUT2D eigenvalue weighted by Gasteiger charge is -2.38. The standard InChI is InChI=1S/C10H20N2O/c1-4-8-9(10(11)13)6(2)5-7(3)12-8/h6-9,12H,4-5H2,1-3H3,(H2,11,13). The number of nitrogens with one attached hydrogen (secondary N) is 1. The average Bonchev–Trinajstić information content (AvgIpc) is 2.01. The zero-order valence-electron chi connectivity index (χ0n) is 8.71. The molecule has 0 aromatic rings. The van der Waals surface area contributed by atoms with Crippen molar-refractivity contribution in [3.63, 3.8) is 0 Å². The van der Waals surface area contributed by atoms with E-state index in [-0.39, 0.29) is 17.9 Å². The zero-order valence-corrected chi connectivity index (χ0v) is 8.71. The molecule has 0 aromatic heterocycles. The Labute approximate surface area is 80.1 Å². The topological polar surface area (TPSA) is 55.1 Å². The van der Waals surface area contributed by atoms with Crippen LogP contribution in [0.2, 0.25) is 0 Å². The number of hydrogen-bond acceptors (Lipinski definition) is 2. The van der Waals surface area contributed by atoms with Crippen LogP contribution in [0.3, 0.4) is 0 Å². The number of piperidine rings is 1. The van der Waals surface area contributed by atoms with E-state index in [2.05, 4.69) is 26.1 Å².